The predicted octanol–water partition coefficient (Wildman–Crippen LogP) is 1.92. The summed E-state index contributed by atoms with van der Waals surface area (Å²) in [4.78, 5) is 0.818. The normalized spacial score (nSPS) is 11.3. The van der Waals surface area contributed by atoms with Crippen LogP contribution in [0.1, 0.15) is 17.5 Å². The largest absolute Gasteiger partial charge is 0.330 e. The Morgan fingerprint density at radius 3 is 2.68 bits per heavy atom. The van der Waals surface area contributed by atoms with Crippen molar-refractivity contribution in [3.8, 4) is 11.4 Å². The highest BCUT2D eigenvalue weighted by atomic mass is 32.1. The molecule has 0 aliphatic carbocycles. The maximum Gasteiger partial charge on any atom is 0.234 e. The summed E-state index contributed by atoms with van der Waals surface area (Å²) < 4.78 is 1.80. The Hall–Kier alpha value is -1.79. The van der Waals surface area contributed by atoms with Gasteiger partial charge in [-0.05, 0) is 18.5 Å². The Labute approximate surface area is 115 Å². The van der Waals surface area contributed by atoms with Gasteiger partial charge in [-0.15, -0.1) is 10.2 Å². The van der Waals surface area contributed by atoms with Crippen molar-refractivity contribution in [2.24, 2.45) is 5.73 Å². The zero-order chi connectivity index (χ0) is 13.2. The quantitative estimate of drug-likeness (QED) is 0.788. The molecule has 2 aromatic heterocycles. The second-order valence-electron chi connectivity index (χ2n) is 4.30. The molecular formula is C13H15N5S. The first-order valence-corrected chi connectivity index (χ1v) is 7.14. The van der Waals surface area contributed by atoms with Gasteiger partial charge in [-0.1, -0.05) is 42.5 Å². The van der Waals surface area contributed by atoms with Crippen LogP contribution in [0.4, 0.5) is 0 Å². The summed E-state index contributed by atoms with van der Waals surface area (Å²) in [7, 11) is 0. The predicted molar refractivity (Wildman–Crippen MR) is 76.2 cm³/mol. The lowest BCUT2D eigenvalue weighted by Gasteiger charge is -1.99. The zero-order valence-electron chi connectivity index (χ0n) is 10.7. The Bertz CT molecular complexity index is 683. The van der Waals surface area contributed by atoms with Gasteiger partial charge in [-0.2, -0.15) is 9.61 Å². The average molecular weight is 273 g/mol. The molecule has 0 fully saturated rings. The van der Waals surface area contributed by atoms with Gasteiger partial charge in [0.25, 0.3) is 0 Å². The van der Waals surface area contributed by atoms with Crippen molar-refractivity contribution < 1.29 is 0 Å². The second kappa shape index (κ2) is 5.07. The number of aryl methyl sites for hydroxylation is 1. The van der Waals surface area contributed by atoms with Gasteiger partial charge in [0.2, 0.25) is 4.96 Å². The van der Waals surface area contributed by atoms with E-state index in [1.54, 1.807) is 15.9 Å². The number of aromatic nitrogens is 4. The van der Waals surface area contributed by atoms with E-state index in [0.717, 1.165) is 34.2 Å². The molecule has 6 heteroatoms. The fourth-order valence-corrected chi connectivity index (χ4v) is 2.80. The van der Waals surface area contributed by atoms with Crippen LogP contribution in [-0.4, -0.2) is 26.4 Å². The molecule has 0 radical (unpaired) electrons. The molecule has 0 atom stereocenters. The minimum Gasteiger partial charge on any atom is -0.330 e. The maximum absolute atomic E-state index is 5.55. The summed E-state index contributed by atoms with van der Waals surface area (Å²) in [6.07, 6.45) is 1.81. The number of hydrogen-bond donors (Lipinski definition) is 1. The van der Waals surface area contributed by atoms with Crippen molar-refractivity contribution in [2.75, 3.05) is 6.54 Å². The van der Waals surface area contributed by atoms with Gasteiger partial charge < -0.3 is 5.73 Å². The van der Waals surface area contributed by atoms with Gasteiger partial charge in [0.15, 0.2) is 5.82 Å². The lowest BCUT2D eigenvalue weighted by atomic mass is 10.1. The molecule has 1 aromatic carbocycles. The van der Waals surface area contributed by atoms with E-state index in [1.165, 1.54) is 5.56 Å². The van der Waals surface area contributed by atoms with E-state index in [9.17, 15) is 0 Å². The summed E-state index contributed by atoms with van der Waals surface area (Å²) in [5, 5.41) is 13.9. The molecule has 0 unspecified atom stereocenters. The van der Waals surface area contributed by atoms with Crippen LogP contribution in [0.2, 0.25) is 0 Å². The average Bonchev–Trinajstić information content (AvgIpc) is 2.99. The van der Waals surface area contributed by atoms with Crippen molar-refractivity contribution >= 4 is 16.3 Å². The topological polar surface area (TPSA) is 69.1 Å². The SMILES string of the molecule is CCc1ccc(-c2nnc3sc(CCN)nn23)cc1. The summed E-state index contributed by atoms with van der Waals surface area (Å²) in [6, 6.07) is 8.36. The fourth-order valence-electron chi connectivity index (χ4n) is 1.95. The highest BCUT2D eigenvalue weighted by Gasteiger charge is 2.12. The van der Waals surface area contributed by atoms with Gasteiger partial charge in [0, 0.05) is 12.0 Å². The van der Waals surface area contributed by atoms with Crippen LogP contribution in [0, 0.1) is 0 Å². The van der Waals surface area contributed by atoms with E-state index in [2.05, 4.69) is 46.5 Å². The Morgan fingerprint density at radius 2 is 2.00 bits per heavy atom. The number of rotatable bonds is 4. The van der Waals surface area contributed by atoms with Gasteiger partial charge in [0.05, 0.1) is 0 Å². The summed E-state index contributed by atoms with van der Waals surface area (Å²) in [5.41, 5.74) is 7.90. The monoisotopic (exact) mass is 273 g/mol. The molecule has 2 heterocycles. The van der Waals surface area contributed by atoms with E-state index in [4.69, 9.17) is 5.73 Å². The Balaban J connectivity index is 2.03. The number of benzene rings is 1. The first-order chi connectivity index (χ1) is 9.31. The van der Waals surface area contributed by atoms with Crippen LogP contribution in [0.5, 0.6) is 0 Å². The van der Waals surface area contributed by atoms with E-state index >= 15 is 0 Å². The molecule has 5 nitrogen and oxygen atoms in total. The van der Waals surface area contributed by atoms with Crippen LogP contribution in [-0.2, 0) is 12.8 Å². The van der Waals surface area contributed by atoms with Gasteiger partial charge >= 0.3 is 0 Å². The minimum absolute atomic E-state index is 0.602. The minimum atomic E-state index is 0.602. The molecule has 0 bridgehead atoms. The molecule has 3 aromatic rings. The molecular weight excluding hydrogens is 258 g/mol. The van der Waals surface area contributed by atoms with Crippen LogP contribution >= 0.6 is 11.3 Å². The summed E-state index contributed by atoms with van der Waals surface area (Å²) >= 11 is 1.54. The third kappa shape index (κ3) is 2.24. The second-order valence-corrected chi connectivity index (χ2v) is 5.34. The molecule has 0 aliphatic rings. The number of fused-ring (bicyclic) bond motifs is 1. The van der Waals surface area contributed by atoms with Gasteiger partial charge in [-0.25, -0.2) is 0 Å². The van der Waals surface area contributed by atoms with Crippen molar-refractivity contribution in [2.45, 2.75) is 19.8 Å². The molecule has 0 aliphatic heterocycles. The van der Waals surface area contributed by atoms with Crippen LogP contribution < -0.4 is 5.73 Å². The van der Waals surface area contributed by atoms with Gasteiger partial charge in [0.1, 0.15) is 5.01 Å². The molecule has 0 saturated carbocycles. The van der Waals surface area contributed by atoms with E-state index < -0.39 is 0 Å². The molecule has 98 valence electrons. The van der Waals surface area contributed by atoms with Crippen molar-refractivity contribution in [3.05, 3.63) is 34.8 Å². The van der Waals surface area contributed by atoms with E-state index in [-0.39, 0.29) is 0 Å². The van der Waals surface area contributed by atoms with Gasteiger partial charge in [-0.3, -0.25) is 0 Å². The fraction of sp³-hybridized carbons (Fsp3) is 0.308. The maximum atomic E-state index is 5.55. The van der Waals surface area contributed by atoms with Crippen molar-refractivity contribution in [1.29, 1.82) is 0 Å². The standard InChI is InChI=1S/C13H15N5S/c1-2-9-3-5-10(6-4-9)12-15-16-13-18(12)17-11(19-13)7-8-14/h3-6H,2,7-8,14H2,1H3. The van der Waals surface area contributed by atoms with Crippen molar-refractivity contribution in [3.63, 3.8) is 0 Å². The zero-order valence-corrected chi connectivity index (χ0v) is 11.5. The molecule has 2 N–H and O–H groups in total. The van der Waals surface area contributed by atoms with E-state index in [1.807, 2.05) is 0 Å². The third-order valence-corrected chi connectivity index (χ3v) is 3.97. The highest BCUT2D eigenvalue weighted by molar-refractivity contribution is 7.16. The lowest BCUT2D eigenvalue weighted by Crippen LogP contribution is -2.03. The third-order valence-electron chi connectivity index (χ3n) is 3.01. The summed E-state index contributed by atoms with van der Waals surface area (Å²) in [6.45, 7) is 2.74. The molecule has 3 rings (SSSR count). The van der Waals surface area contributed by atoms with Crippen molar-refractivity contribution in [1.82, 2.24) is 19.8 Å². The molecule has 0 amide bonds. The number of nitrogens with two attached hydrogens (primary N) is 1. The van der Waals surface area contributed by atoms with E-state index in [0.29, 0.717) is 6.54 Å². The lowest BCUT2D eigenvalue weighted by molar-refractivity contribution is 0.871. The Morgan fingerprint density at radius 1 is 1.21 bits per heavy atom. The number of nitrogens with zero attached hydrogens (tertiary/aromatic N) is 4. The molecule has 0 saturated heterocycles. The highest BCUT2D eigenvalue weighted by Crippen LogP contribution is 2.22. The number of hydrogen-bond acceptors (Lipinski definition) is 5. The molecule has 19 heavy (non-hydrogen) atoms. The first kappa shape index (κ1) is 12.3. The van der Waals surface area contributed by atoms with Crippen LogP contribution in [0.15, 0.2) is 24.3 Å². The summed E-state index contributed by atoms with van der Waals surface area (Å²) in [5.74, 6) is 0.789. The first-order valence-electron chi connectivity index (χ1n) is 6.32. The Kier molecular flexibility index (Phi) is 3.27. The molecule has 0 spiro atoms. The van der Waals surface area contributed by atoms with Crippen LogP contribution in [0.25, 0.3) is 16.3 Å². The smallest absolute Gasteiger partial charge is 0.234 e. The van der Waals surface area contributed by atoms with Crippen LogP contribution in [0.3, 0.4) is 0 Å².